The highest BCUT2D eigenvalue weighted by molar-refractivity contribution is 6.30. The number of rotatable bonds is 5. The van der Waals surface area contributed by atoms with Crippen LogP contribution in [0.25, 0.3) is 0 Å². The Labute approximate surface area is 121 Å². The van der Waals surface area contributed by atoms with Gasteiger partial charge in [-0.05, 0) is 50.6 Å². The first-order chi connectivity index (χ1) is 9.07. The number of aryl methyl sites for hydroxylation is 1. The van der Waals surface area contributed by atoms with Crippen LogP contribution in [0.2, 0.25) is 5.02 Å². The highest BCUT2D eigenvalue weighted by atomic mass is 35.5. The molecule has 1 saturated carbocycles. The minimum atomic E-state index is 0.265. The van der Waals surface area contributed by atoms with Gasteiger partial charge in [-0.2, -0.15) is 0 Å². The van der Waals surface area contributed by atoms with Gasteiger partial charge in [0, 0.05) is 22.9 Å². The molecule has 19 heavy (non-hydrogen) atoms. The Kier molecular flexibility index (Phi) is 4.42. The predicted molar refractivity (Wildman–Crippen MR) is 81.1 cm³/mol. The molecule has 0 bridgehead atoms. The minimum absolute atomic E-state index is 0.265. The number of hydrogen-bond acceptors (Lipinski definition) is 2. The van der Waals surface area contributed by atoms with Crippen LogP contribution in [0.5, 0.6) is 5.75 Å². The molecular formula is C16H24ClNO. The van der Waals surface area contributed by atoms with Gasteiger partial charge in [0.2, 0.25) is 0 Å². The first-order valence-corrected chi connectivity index (χ1v) is 7.55. The summed E-state index contributed by atoms with van der Waals surface area (Å²) in [7, 11) is 2.05. The van der Waals surface area contributed by atoms with Gasteiger partial charge in [-0.3, -0.25) is 0 Å². The van der Waals surface area contributed by atoms with Crippen LogP contribution in [0.3, 0.4) is 0 Å². The van der Waals surface area contributed by atoms with Crippen molar-refractivity contribution < 1.29 is 4.74 Å². The van der Waals surface area contributed by atoms with Crippen molar-refractivity contribution in [2.45, 2.75) is 52.2 Å². The van der Waals surface area contributed by atoms with E-state index in [0.29, 0.717) is 12.1 Å². The molecule has 0 aromatic heterocycles. The number of nitrogens with one attached hydrogen (secondary N) is 1. The summed E-state index contributed by atoms with van der Waals surface area (Å²) in [5.74, 6) is 0.968. The smallest absolute Gasteiger partial charge is 0.122 e. The summed E-state index contributed by atoms with van der Waals surface area (Å²) in [4.78, 5) is 0. The zero-order valence-corrected chi connectivity index (χ0v) is 13.1. The second-order valence-corrected chi connectivity index (χ2v) is 5.97. The molecule has 1 fully saturated rings. The van der Waals surface area contributed by atoms with Crippen molar-refractivity contribution in [3.63, 3.8) is 0 Å². The molecule has 0 saturated heterocycles. The second-order valence-electron chi connectivity index (χ2n) is 5.53. The summed E-state index contributed by atoms with van der Waals surface area (Å²) >= 11 is 5.99. The highest BCUT2D eigenvalue weighted by Crippen LogP contribution is 2.49. The zero-order chi connectivity index (χ0) is 14.0. The topological polar surface area (TPSA) is 21.3 Å². The molecule has 1 N–H and O–H groups in total. The van der Waals surface area contributed by atoms with E-state index in [4.69, 9.17) is 16.3 Å². The van der Waals surface area contributed by atoms with E-state index in [1.807, 2.05) is 18.2 Å². The molecule has 0 amide bonds. The number of benzene rings is 1. The van der Waals surface area contributed by atoms with E-state index in [9.17, 15) is 0 Å². The molecule has 1 aliphatic rings. The molecule has 3 heteroatoms. The molecule has 0 heterocycles. The summed E-state index contributed by atoms with van der Waals surface area (Å²) < 4.78 is 6.27. The maximum atomic E-state index is 6.27. The van der Waals surface area contributed by atoms with E-state index in [0.717, 1.165) is 35.6 Å². The Morgan fingerprint density at radius 3 is 2.58 bits per heavy atom. The molecule has 1 aliphatic carbocycles. The Bertz CT molecular complexity index is 442. The van der Waals surface area contributed by atoms with Gasteiger partial charge in [0.25, 0.3) is 0 Å². The summed E-state index contributed by atoms with van der Waals surface area (Å²) in [5, 5.41) is 4.20. The van der Waals surface area contributed by atoms with Crippen LogP contribution >= 0.6 is 11.6 Å². The van der Waals surface area contributed by atoms with Crippen LogP contribution < -0.4 is 10.1 Å². The summed E-state index contributed by atoms with van der Waals surface area (Å²) in [6.45, 7) is 6.57. The van der Waals surface area contributed by atoms with E-state index >= 15 is 0 Å². The van der Waals surface area contributed by atoms with Crippen molar-refractivity contribution in [2.75, 3.05) is 7.05 Å². The molecule has 0 spiro atoms. The van der Waals surface area contributed by atoms with Gasteiger partial charge in [0.15, 0.2) is 0 Å². The third-order valence-electron chi connectivity index (χ3n) is 4.86. The van der Waals surface area contributed by atoms with E-state index in [-0.39, 0.29) is 5.41 Å². The third-order valence-corrected chi connectivity index (χ3v) is 5.09. The molecule has 2 unspecified atom stereocenters. The van der Waals surface area contributed by atoms with Crippen LogP contribution in [-0.4, -0.2) is 19.2 Å². The maximum Gasteiger partial charge on any atom is 0.122 e. The predicted octanol–water partition coefficient (Wildman–Crippen LogP) is 4.19. The number of hydrogen-bond donors (Lipinski definition) is 1. The quantitative estimate of drug-likeness (QED) is 0.874. The number of halogens is 1. The Morgan fingerprint density at radius 2 is 2.05 bits per heavy atom. The first-order valence-electron chi connectivity index (χ1n) is 7.17. The largest absolute Gasteiger partial charge is 0.489 e. The lowest BCUT2D eigenvalue weighted by atomic mass is 9.58. The van der Waals surface area contributed by atoms with Crippen molar-refractivity contribution in [3.05, 3.63) is 28.8 Å². The number of ether oxygens (including phenoxy) is 1. The van der Waals surface area contributed by atoms with E-state index in [1.165, 1.54) is 0 Å². The van der Waals surface area contributed by atoms with Crippen LogP contribution in [0.4, 0.5) is 0 Å². The lowest BCUT2D eigenvalue weighted by molar-refractivity contribution is -0.0838. The van der Waals surface area contributed by atoms with Crippen LogP contribution in [0, 0.1) is 12.3 Å². The van der Waals surface area contributed by atoms with Crippen LogP contribution in [0.1, 0.15) is 38.7 Å². The van der Waals surface area contributed by atoms with Crippen molar-refractivity contribution in [1.29, 1.82) is 0 Å². The average Bonchev–Trinajstić information content (AvgIpc) is 2.38. The fourth-order valence-electron chi connectivity index (χ4n) is 3.41. The van der Waals surface area contributed by atoms with Gasteiger partial charge >= 0.3 is 0 Å². The maximum absolute atomic E-state index is 6.27. The normalized spacial score (nSPS) is 24.9. The fraction of sp³-hybridized carbons (Fsp3) is 0.625. The first kappa shape index (κ1) is 14.7. The minimum Gasteiger partial charge on any atom is -0.489 e. The lowest BCUT2D eigenvalue weighted by Crippen LogP contribution is -2.63. The van der Waals surface area contributed by atoms with Gasteiger partial charge < -0.3 is 10.1 Å². The van der Waals surface area contributed by atoms with E-state index in [2.05, 4.69) is 33.1 Å². The average molecular weight is 282 g/mol. The van der Waals surface area contributed by atoms with Gasteiger partial charge in [0.05, 0.1) is 0 Å². The van der Waals surface area contributed by atoms with E-state index < -0.39 is 0 Å². The summed E-state index contributed by atoms with van der Waals surface area (Å²) in [6, 6.07) is 6.42. The van der Waals surface area contributed by atoms with Gasteiger partial charge in [-0.1, -0.05) is 25.4 Å². The molecular weight excluding hydrogens is 258 g/mol. The molecule has 2 atom stereocenters. The molecule has 0 radical (unpaired) electrons. The molecule has 0 aliphatic heterocycles. The van der Waals surface area contributed by atoms with Crippen molar-refractivity contribution in [3.8, 4) is 5.75 Å². The Hall–Kier alpha value is -0.730. The SMILES string of the molecule is CCC1(CC)C(NC)CC1Oc1ccc(Cl)cc1C. The van der Waals surface area contributed by atoms with Crippen molar-refractivity contribution in [2.24, 2.45) is 5.41 Å². The zero-order valence-electron chi connectivity index (χ0n) is 12.3. The fourth-order valence-corrected chi connectivity index (χ4v) is 3.64. The molecule has 106 valence electrons. The lowest BCUT2D eigenvalue weighted by Gasteiger charge is -2.55. The van der Waals surface area contributed by atoms with Gasteiger partial charge in [0.1, 0.15) is 11.9 Å². The van der Waals surface area contributed by atoms with Crippen molar-refractivity contribution >= 4 is 11.6 Å². The third kappa shape index (κ3) is 2.48. The van der Waals surface area contributed by atoms with Crippen LogP contribution in [-0.2, 0) is 0 Å². The molecule has 2 nitrogen and oxygen atoms in total. The summed E-state index contributed by atoms with van der Waals surface area (Å²) in [5.41, 5.74) is 1.38. The van der Waals surface area contributed by atoms with Gasteiger partial charge in [-0.15, -0.1) is 0 Å². The van der Waals surface area contributed by atoms with Crippen molar-refractivity contribution in [1.82, 2.24) is 5.32 Å². The second kappa shape index (κ2) is 5.72. The molecule has 2 rings (SSSR count). The highest BCUT2D eigenvalue weighted by Gasteiger charge is 2.53. The Morgan fingerprint density at radius 1 is 1.37 bits per heavy atom. The van der Waals surface area contributed by atoms with E-state index in [1.54, 1.807) is 0 Å². The molecule has 1 aromatic carbocycles. The Balaban J connectivity index is 2.15. The standard InChI is InChI=1S/C16H24ClNO/c1-5-16(6-2)14(18-4)10-15(16)19-13-8-7-12(17)9-11(13)3/h7-9,14-15,18H,5-6,10H2,1-4H3. The monoisotopic (exact) mass is 281 g/mol. The van der Waals surface area contributed by atoms with Crippen LogP contribution in [0.15, 0.2) is 18.2 Å². The molecule has 1 aromatic rings. The summed E-state index contributed by atoms with van der Waals surface area (Å²) in [6.07, 6.45) is 3.68. The van der Waals surface area contributed by atoms with Gasteiger partial charge in [-0.25, -0.2) is 0 Å².